The van der Waals surface area contributed by atoms with E-state index in [2.05, 4.69) is 26.3 Å². The van der Waals surface area contributed by atoms with Crippen molar-refractivity contribution in [3.8, 4) is 0 Å². The van der Waals surface area contributed by atoms with Crippen LogP contribution in [0.2, 0.25) is 0 Å². The highest BCUT2D eigenvalue weighted by Crippen LogP contribution is 2.28. The van der Waals surface area contributed by atoms with Crippen molar-refractivity contribution in [3.05, 3.63) is 54.4 Å². The third kappa shape index (κ3) is 4.05. The molecule has 0 radical (unpaired) electrons. The van der Waals surface area contributed by atoms with Crippen molar-refractivity contribution in [2.75, 3.05) is 12.3 Å². The molecule has 2 heterocycles. The van der Waals surface area contributed by atoms with Crippen LogP contribution in [0.3, 0.4) is 0 Å². The molecule has 5 nitrogen and oxygen atoms in total. The van der Waals surface area contributed by atoms with Gasteiger partial charge in [-0.3, -0.25) is 4.79 Å². The van der Waals surface area contributed by atoms with Crippen LogP contribution in [-0.2, 0) is 11.2 Å². The van der Waals surface area contributed by atoms with E-state index in [4.69, 9.17) is 0 Å². The molecule has 4 aromatic rings. The summed E-state index contributed by atoms with van der Waals surface area (Å²) in [6, 6.07) is 16.0. The van der Waals surface area contributed by atoms with Gasteiger partial charge in [0.15, 0.2) is 4.34 Å². The first-order valence-corrected chi connectivity index (χ1v) is 10.3. The number of thioether (sulfide) groups is 1. The van der Waals surface area contributed by atoms with Crippen molar-refractivity contribution in [2.45, 2.75) is 17.2 Å². The first-order valence-electron chi connectivity index (χ1n) is 8.46. The van der Waals surface area contributed by atoms with Gasteiger partial charge < -0.3 is 10.3 Å². The van der Waals surface area contributed by atoms with Crippen molar-refractivity contribution < 1.29 is 4.79 Å². The maximum Gasteiger partial charge on any atom is 0.230 e. The van der Waals surface area contributed by atoms with Crippen LogP contribution in [0.1, 0.15) is 12.2 Å². The van der Waals surface area contributed by atoms with Gasteiger partial charge in [0.1, 0.15) is 5.82 Å². The molecule has 0 spiro atoms. The Morgan fingerprint density at radius 1 is 1.08 bits per heavy atom. The first kappa shape index (κ1) is 17.1. The van der Waals surface area contributed by atoms with Gasteiger partial charge in [-0.15, -0.1) is 11.3 Å². The summed E-state index contributed by atoms with van der Waals surface area (Å²) in [4.78, 5) is 24.4. The number of aromatic nitrogens is 3. The number of nitrogens with zero attached hydrogens (tertiary/aromatic N) is 2. The summed E-state index contributed by atoms with van der Waals surface area (Å²) in [6.07, 6.45) is 1.68. The third-order valence-corrected chi connectivity index (χ3v) is 6.13. The van der Waals surface area contributed by atoms with E-state index in [9.17, 15) is 4.79 Å². The number of thiazole rings is 1. The molecule has 0 aliphatic rings. The quantitative estimate of drug-likeness (QED) is 0.374. The second-order valence-corrected chi connectivity index (χ2v) is 8.14. The van der Waals surface area contributed by atoms with Crippen LogP contribution in [0.15, 0.2) is 52.9 Å². The smallest absolute Gasteiger partial charge is 0.230 e. The lowest BCUT2D eigenvalue weighted by molar-refractivity contribution is -0.118. The fourth-order valence-corrected chi connectivity index (χ4v) is 4.60. The molecule has 0 fully saturated rings. The molecule has 7 heteroatoms. The van der Waals surface area contributed by atoms with Crippen molar-refractivity contribution in [2.24, 2.45) is 0 Å². The molecule has 0 bridgehead atoms. The van der Waals surface area contributed by atoms with Gasteiger partial charge in [0.2, 0.25) is 5.91 Å². The van der Waals surface area contributed by atoms with Crippen LogP contribution in [0.5, 0.6) is 0 Å². The second kappa shape index (κ2) is 7.88. The summed E-state index contributed by atoms with van der Waals surface area (Å²) >= 11 is 3.11. The van der Waals surface area contributed by atoms with E-state index in [1.165, 1.54) is 11.8 Å². The molecule has 0 atom stereocenters. The van der Waals surface area contributed by atoms with Gasteiger partial charge in [-0.05, 0) is 30.7 Å². The Kier molecular flexibility index (Phi) is 5.17. The fraction of sp³-hybridized carbons (Fsp3) is 0.211. The summed E-state index contributed by atoms with van der Waals surface area (Å²) in [6.45, 7) is 0.649. The Bertz CT molecular complexity index is 974. The number of para-hydroxylation sites is 3. The number of nitrogens with one attached hydrogen (secondary N) is 2. The highest BCUT2D eigenvalue weighted by Gasteiger charge is 2.07. The number of hydrogen-bond donors (Lipinski definition) is 2. The molecule has 2 aromatic heterocycles. The van der Waals surface area contributed by atoms with Gasteiger partial charge in [0.25, 0.3) is 0 Å². The monoisotopic (exact) mass is 382 g/mol. The average Bonchev–Trinajstić information content (AvgIpc) is 3.26. The Labute approximate surface area is 159 Å². The van der Waals surface area contributed by atoms with Crippen molar-refractivity contribution in [3.63, 3.8) is 0 Å². The van der Waals surface area contributed by atoms with E-state index in [1.807, 2.05) is 42.5 Å². The zero-order valence-electron chi connectivity index (χ0n) is 14.1. The number of rotatable bonds is 7. The molecule has 132 valence electrons. The SMILES string of the molecule is O=C(CSc1nc2ccccc2s1)NCCCc1nc2ccccc2[nH]1. The molecule has 2 aromatic carbocycles. The van der Waals surface area contributed by atoms with E-state index in [1.54, 1.807) is 11.3 Å². The Balaban J connectivity index is 1.20. The predicted octanol–water partition coefficient (Wildman–Crippen LogP) is 4.01. The first-order chi connectivity index (χ1) is 12.8. The number of amides is 1. The van der Waals surface area contributed by atoms with Crippen LogP contribution < -0.4 is 5.32 Å². The maximum atomic E-state index is 12.0. The number of fused-ring (bicyclic) bond motifs is 2. The maximum absolute atomic E-state index is 12.0. The minimum absolute atomic E-state index is 0.0406. The molecule has 2 N–H and O–H groups in total. The third-order valence-electron chi connectivity index (χ3n) is 3.95. The van der Waals surface area contributed by atoms with Gasteiger partial charge in [0, 0.05) is 13.0 Å². The Hall–Kier alpha value is -2.38. The molecule has 0 unspecified atom stereocenters. The van der Waals surface area contributed by atoms with Gasteiger partial charge in [-0.2, -0.15) is 0 Å². The summed E-state index contributed by atoms with van der Waals surface area (Å²) in [5, 5.41) is 2.97. The number of benzene rings is 2. The van der Waals surface area contributed by atoms with E-state index in [-0.39, 0.29) is 5.91 Å². The number of aromatic amines is 1. The van der Waals surface area contributed by atoms with E-state index in [0.29, 0.717) is 12.3 Å². The van der Waals surface area contributed by atoms with Gasteiger partial charge in [-0.1, -0.05) is 36.0 Å². The normalized spacial score (nSPS) is 11.2. The zero-order chi connectivity index (χ0) is 17.8. The van der Waals surface area contributed by atoms with Crippen LogP contribution in [0.4, 0.5) is 0 Å². The van der Waals surface area contributed by atoms with Crippen molar-refractivity contribution in [1.82, 2.24) is 20.3 Å². The van der Waals surface area contributed by atoms with Crippen LogP contribution >= 0.6 is 23.1 Å². The minimum atomic E-state index is 0.0406. The Morgan fingerprint density at radius 3 is 2.73 bits per heavy atom. The highest BCUT2D eigenvalue weighted by atomic mass is 32.2. The lowest BCUT2D eigenvalue weighted by Crippen LogP contribution is -2.26. The van der Waals surface area contributed by atoms with Gasteiger partial charge >= 0.3 is 0 Å². The number of carbonyl (C=O) groups excluding carboxylic acids is 1. The van der Waals surface area contributed by atoms with Gasteiger partial charge in [0.05, 0.1) is 27.0 Å². The second-order valence-electron chi connectivity index (χ2n) is 5.89. The molecule has 0 saturated heterocycles. The predicted molar refractivity (Wildman–Crippen MR) is 108 cm³/mol. The number of aryl methyl sites for hydroxylation is 1. The van der Waals surface area contributed by atoms with Crippen LogP contribution in [-0.4, -0.2) is 33.2 Å². The number of carbonyl (C=O) groups is 1. The van der Waals surface area contributed by atoms with Crippen molar-refractivity contribution in [1.29, 1.82) is 0 Å². The summed E-state index contributed by atoms with van der Waals surface area (Å²) in [5.74, 6) is 1.40. The molecule has 0 aliphatic heterocycles. The summed E-state index contributed by atoms with van der Waals surface area (Å²) in [5.41, 5.74) is 3.03. The van der Waals surface area contributed by atoms with Crippen LogP contribution in [0.25, 0.3) is 21.3 Å². The van der Waals surface area contributed by atoms with Crippen LogP contribution in [0, 0.1) is 0 Å². The average molecular weight is 383 g/mol. The zero-order valence-corrected chi connectivity index (χ0v) is 15.7. The molecular formula is C19H18N4OS2. The van der Waals surface area contributed by atoms with Crippen molar-refractivity contribution >= 4 is 50.3 Å². The highest BCUT2D eigenvalue weighted by molar-refractivity contribution is 8.01. The molecule has 26 heavy (non-hydrogen) atoms. The largest absolute Gasteiger partial charge is 0.355 e. The van der Waals surface area contributed by atoms with E-state index < -0.39 is 0 Å². The molecule has 0 aliphatic carbocycles. The lowest BCUT2D eigenvalue weighted by atomic mass is 10.3. The van der Waals surface area contributed by atoms with E-state index >= 15 is 0 Å². The molecule has 1 amide bonds. The number of imidazole rings is 1. The number of hydrogen-bond acceptors (Lipinski definition) is 5. The lowest BCUT2D eigenvalue weighted by Gasteiger charge is -2.03. The topological polar surface area (TPSA) is 70.7 Å². The minimum Gasteiger partial charge on any atom is -0.355 e. The molecule has 0 saturated carbocycles. The Morgan fingerprint density at radius 2 is 1.88 bits per heavy atom. The standard InChI is InChI=1S/C19H18N4OS2/c24-18(12-25-19-23-15-8-3-4-9-16(15)26-19)20-11-5-10-17-21-13-6-1-2-7-14(13)22-17/h1-4,6-9H,5,10-12H2,(H,20,24)(H,21,22). The fourth-order valence-electron chi connectivity index (χ4n) is 2.70. The summed E-state index contributed by atoms with van der Waals surface area (Å²) < 4.78 is 2.09. The molecular weight excluding hydrogens is 364 g/mol. The van der Waals surface area contributed by atoms with Gasteiger partial charge in [-0.25, -0.2) is 9.97 Å². The number of H-pyrrole nitrogens is 1. The van der Waals surface area contributed by atoms with E-state index in [0.717, 1.165) is 44.3 Å². The molecule has 4 rings (SSSR count). The summed E-state index contributed by atoms with van der Waals surface area (Å²) in [7, 11) is 0.